The van der Waals surface area contributed by atoms with E-state index in [9.17, 15) is 0 Å². The van der Waals surface area contributed by atoms with Crippen molar-refractivity contribution in [3.8, 4) is 5.75 Å². The van der Waals surface area contributed by atoms with Crippen molar-refractivity contribution in [1.82, 2.24) is 0 Å². The smallest absolute Gasteiger partial charge is 0.122 e. The lowest BCUT2D eigenvalue weighted by atomic mass is 9.87. The lowest BCUT2D eigenvalue weighted by Crippen LogP contribution is -2.44. The van der Waals surface area contributed by atoms with Gasteiger partial charge in [-0.1, -0.05) is 0 Å². The van der Waals surface area contributed by atoms with Gasteiger partial charge in [0.25, 0.3) is 0 Å². The van der Waals surface area contributed by atoms with Crippen LogP contribution in [0.4, 0.5) is 5.69 Å². The minimum atomic E-state index is 0.403. The molecule has 1 aromatic carbocycles. The first-order valence-electron chi connectivity index (χ1n) is 5.59. The van der Waals surface area contributed by atoms with Gasteiger partial charge < -0.3 is 15.8 Å². The fourth-order valence-electron chi connectivity index (χ4n) is 2.29. The monoisotopic (exact) mass is 204 g/mol. The zero-order chi connectivity index (χ0) is 10.3. The van der Waals surface area contributed by atoms with E-state index in [2.05, 4.69) is 23.5 Å². The van der Waals surface area contributed by atoms with Crippen molar-refractivity contribution in [2.45, 2.75) is 31.3 Å². The van der Waals surface area contributed by atoms with Crippen LogP contribution in [0.2, 0.25) is 0 Å². The summed E-state index contributed by atoms with van der Waals surface area (Å²) < 4.78 is 5.47. The van der Waals surface area contributed by atoms with Crippen molar-refractivity contribution in [2.24, 2.45) is 5.73 Å². The van der Waals surface area contributed by atoms with Crippen LogP contribution in [0.3, 0.4) is 0 Å². The highest BCUT2D eigenvalue weighted by molar-refractivity contribution is 5.53. The molecule has 2 aliphatic rings. The number of ether oxygens (including phenoxy) is 1. The quantitative estimate of drug-likeness (QED) is 0.768. The third-order valence-electron chi connectivity index (χ3n) is 3.23. The Morgan fingerprint density at radius 2 is 2.20 bits per heavy atom. The van der Waals surface area contributed by atoms with Gasteiger partial charge in [-0.25, -0.2) is 0 Å². The summed E-state index contributed by atoms with van der Waals surface area (Å²) in [4.78, 5) is 0. The molecule has 0 aromatic heterocycles. The number of fused-ring (bicyclic) bond motifs is 1. The first-order valence-corrected chi connectivity index (χ1v) is 5.59. The molecule has 1 aliphatic heterocycles. The Kier molecular flexibility index (Phi) is 2.06. The van der Waals surface area contributed by atoms with Gasteiger partial charge in [0, 0.05) is 24.2 Å². The van der Waals surface area contributed by atoms with E-state index in [1.165, 1.54) is 11.3 Å². The van der Waals surface area contributed by atoms with Gasteiger partial charge in [-0.3, -0.25) is 0 Å². The third kappa shape index (κ3) is 1.67. The second-order valence-corrected chi connectivity index (χ2v) is 4.49. The third-order valence-corrected chi connectivity index (χ3v) is 3.23. The van der Waals surface area contributed by atoms with Gasteiger partial charge in [-0.15, -0.1) is 0 Å². The minimum Gasteiger partial charge on any atom is -0.493 e. The summed E-state index contributed by atoms with van der Waals surface area (Å²) in [5.41, 5.74) is 8.28. The van der Waals surface area contributed by atoms with Gasteiger partial charge in [-0.2, -0.15) is 0 Å². The summed E-state index contributed by atoms with van der Waals surface area (Å²) in [5, 5.41) is 3.50. The minimum absolute atomic E-state index is 0.403. The number of hydrogen-bond acceptors (Lipinski definition) is 3. The highest BCUT2D eigenvalue weighted by Gasteiger charge is 2.25. The maximum absolute atomic E-state index is 5.75. The van der Waals surface area contributed by atoms with Crippen LogP contribution in [0.1, 0.15) is 18.4 Å². The molecule has 80 valence electrons. The molecule has 0 amide bonds. The second-order valence-electron chi connectivity index (χ2n) is 4.49. The zero-order valence-electron chi connectivity index (χ0n) is 8.70. The van der Waals surface area contributed by atoms with Gasteiger partial charge in [0.2, 0.25) is 0 Å². The summed E-state index contributed by atoms with van der Waals surface area (Å²) in [7, 11) is 0. The second kappa shape index (κ2) is 3.42. The molecule has 0 unspecified atom stereocenters. The van der Waals surface area contributed by atoms with Crippen LogP contribution in [0, 0.1) is 0 Å². The van der Waals surface area contributed by atoms with Crippen LogP contribution in [0.15, 0.2) is 18.2 Å². The van der Waals surface area contributed by atoms with E-state index in [1.54, 1.807) is 0 Å². The average molecular weight is 204 g/mol. The van der Waals surface area contributed by atoms with E-state index >= 15 is 0 Å². The molecule has 1 aromatic rings. The predicted octanol–water partition coefficient (Wildman–Crippen LogP) is 1.52. The number of nitrogens with two attached hydrogens (primary N) is 1. The molecule has 3 heteroatoms. The first kappa shape index (κ1) is 9.04. The molecular weight excluding hydrogens is 188 g/mol. The van der Waals surface area contributed by atoms with Gasteiger partial charge in [0.05, 0.1) is 6.61 Å². The predicted molar refractivity (Wildman–Crippen MR) is 60.3 cm³/mol. The largest absolute Gasteiger partial charge is 0.493 e. The van der Waals surface area contributed by atoms with Crippen molar-refractivity contribution in [3.63, 3.8) is 0 Å². The van der Waals surface area contributed by atoms with Gasteiger partial charge in [0.15, 0.2) is 0 Å². The molecule has 0 spiro atoms. The SMILES string of the molecule is NC1CC(Nc2ccc3c(c2)CCO3)C1. The molecule has 0 radical (unpaired) electrons. The Morgan fingerprint density at radius 1 is 1.33 bits per heavy atom. The van der Waals surface area contributed by atoms with E-state index in [0.717, 1.165) is 31.6 Å². The Labute approximate surface area is 89.6 Å². The molecule has 1 aliphatic carbocycles. The van der Waals surface area contributed by atoms with Crippen LogP contribution in [-0.2, 0) is 6.42 Å². The molecule has 1 fully saturated rings. The van der Waals surface area contributed by atoms with Crippen LogP contribution in [-0.4, -0.2) is 18.7 Å². The van der Waals surface area contributed by atoms with E-state index in [1.807, 2.05) is 0 Å². The molecule has 0 saturated heterocycles. The van der Waals surface area contributed by atoms with E-state index < -0.39 is 0 Å². The van der Waals surface area contributed by atoms with Gasteiger partial charge >= 0.3 is 0 Å². The van der Waals surface area contributed by atoms with Crippen molar-refractivity contribution in [1.29, 1.82) is 0 Å². The Hall–Kier alpha value is -1.22. The van der Waals surface area contributed by atoms with Crippen molar-refractivity contribution < 1.29 is 4.74 Å². The summed E-state index contributed by atoms with van der Waals surface area (Å²) in [5.74, 6) is 1.05. The standard InChI is InChI=1S/C12H16N2O/c13-9-6-11(7-9)14-10-1-2-12-8(5-10)3-4-15-12/h1-2,5,9,11,14H,3-4,6-7,13H2. The fourth-order valence-corrected chi connectivity index (χ4v) is 2.29. The van der Waals surface area contributed by atoms with Crippen molar-refractivity contribution >= 4 is 5.69 Å². The Morgan fingerprint density at radius 3 is 3.00 bits per heavy atom. The number of nitrogens with one attached hydrogen (secondary N) is 1. The molecule has 3 rings (SSSR count). The van der Waals surface area contributed by atoms with Crippen molar-refractivity contribution in [3.05, 3.63) is 23.8 Å². The van der Waals surface area contributed by atoms with E-state index in [4.69, 9.17) is 10.5 Å². The number of anilines is 1. The van der Waals surface area contributed by atoms with Gasteiger partial charge in [-0.05, 0) is 36.6 Å². The molecule has 0 atom stereocenters. The molecule has 1 heterocycles. The van der Waals surface area contributed by atoms with Crippen LogP contribution in [0.5, 0.6) is 5.75 Å². The van der Waals surface area contributed by atoms with E-state index in [-0.39, 0.29) is 0 Å². The zero-order valence-corrected chi connectivity index (χ0v) is 8.70. The first-order chi connectivity index (χ1) is 7.31. The Balaban J connectivity index is 1.70. The topological polar surface area (TPSA) is 47.3 Å². The summed E-state index contributed by atoms with van der Waals surface area (Å²) in [6.07, 6.45) is 3.22. The maximum Gasteiger partial charge on any atom is 0.122 e. The number of benzene rings is 1. The number of rotatable bonds is 2. The maximum atomic E-state index is 5.75. The summed E-state index contributed by atoms with van der Waals surface area (Å²) >= 11 is 0. The highest BCUT2D eigenvalue weighted by Crippen LogP contribution is 2.29. The Bertz CT molecular complexity index is 372. The normalized spacial score (nSPS) is 27.8. The van der Waals surface area contributed by atoms with Crippen LogP contribution >= 0.6 is 0 Å². The lowest BCUT2D eigenvalue weighted by molar-refractivity contribution is 0.356. The number of hydrogen-bond donors (Lipinski definition) is 2. The average Bonchev–Trinajstić information content (AvgIpc) is 2.62. The molecule has 15 heavy (non-hydrogen) atoms. The lowest BCUT2D eigenvalue weighted by Gasteiger charge is -2.33. The van der Waals surface area contributed by atoms with Crippen LogP contribution < -0.4 is 15.8 Å². The van der Waals surface area contributed by atoms with E-state index in [0.29, 0.717) is 12.1 Å². The van der Waals surface area contributed by atoms with Crippen molar-refractivity contribution in [2.75, 3.05) is 11.9 Å². The molecule has 3 nitrogen and oxygen atoms in total. The molecule has 3 N–H and O–H groups in total. The highest BCUT2D eigenvalue weighted by atomic mass is 16.5. The molecule has 0 bridgehead atoms. The van der Waals surface area contributed by atoms with Gasteiger partial charge in [0.1, 0.15) is 5.75 Å². The summed E-state index contributed by atoms with van der Waals surface area (Å²) in [6.45, 7) is 0.826. The summed E-state index contributed by atoms with van der Waals surface area (Å²) in [6, 6.07) is 7.32. The molecule has 1 saturated carbocycles. The molecular formula is C12H16N2O. The van der Waals surface area contributed by atoms with Crippen LogP contribution in [0.25, 0.3) is 0 Å². The fraction of sp³-hybridized carbons (Fsp3) is 0.500.